The van der Waals surface area contributed by atoms with E-state index in [1.807, 2.05) is 42.5 Å². The number of aromatic nitrogens is 3. The lowest BCUT2D eigenvalue weighted by Crippen LogP contribution is -1.89. The predicted molar refractivity (Wildman–Crippen MR) is 72.5 cm³/mol. The molecule has 0 aliphatic carbocycles. The minimum atomic E-state index is 0.580. The smallest absolute Gasteiger partial charge is 0.196 e. The number of hydrogen-bond donors (Lipinski definition) is 0. The standard InChI is InChI=1S/C15H9N3O/c1-2-6-13-10(4-1)8-14(19-13)15-17-9-12-11(18-15)5-3-7-16-12/h1-9H. The van der Waals surface area contributed by atoms with Gasteiger partial charge in [-0.25, -0.2) is 9.97 Å². The van der Waals surface area contributed by atoms with Crippen LogP contribution < -0.4 is 0 Å². The summed E-state index contributed by atoms with van der Waals surface area (Å²) in [6.07, 6.45) is 3.44. The number of nitrogens with zero attached hydrogens (tertiary/aromatic N) is 3. The largest absolute Gasteiger partial charge is 0.453 e. The zero-order valence-corrected chi connectivity index (χ0v) is 9.95. The molecule has 4 rings (SSSR count). The fourth-order valence-electron chi connectivity index (χ4n) is 2.08. The lowest BCUT2D eigenvalue weighted by Gasteiger charge is -1.97. The molecule has 0 N–H and O–H groups in total. The summed E-state index contributed by atoms with van der Waals surface area (Å²) in [5.74, 6) is 1.25. The summed E-state index contributed by atoms with van der Waals surface area (Å²) in [5, 5.41) is 1.05. The van der Waals surface area contributed by atoms with Gasteiger partial charge in [-0.15, -0.1) is 0 Å². The third kappa shape index (κ3) is 1.65. The Labute approximate surface area is 108 Å². The maximum Gasteiger partial charge on any atom is 0.196 e. The first-order chi connectivity index (χ1) is 9.40. The van der Waals surface area contributed by atoms with Crippen molar-refractivity contribution in [1.29, 1.82) is 0 Å². The van der Waals surface area contributed by atoms with Crippen LogP contribution in [0, 0.1) is 0 Å². The Bertz CT molecular complexity index is 849. The summed E-state index contributed by atoms with van der Waals surface area (Å²) in [4.78, 5) is 13.0. The van der Waals surface area contributed by atoms with Crippen LogP contribution in [0.3, 0.4) is 0 Å². The molecule has 0 bridgehead atoms. The summed E-state index contributed by atoms with van der Waals surface area (Å²) in [6, 6.07) is 13.6. The molecule has 0 atom stereocenters. The van der Waals surface area contributed by atoms with Crippen LogP contribution in [0.4, 0.5) is 0 Å². The molecule has 3 aromatic heterocycles. The molecule has 0 spiro atoms. The highest BCUT2D eigenvalue weighted by Gasteiger charge is 2.09. The van der Waals surface area contributed by atoms with Crippen LogP contribution in [0.15, 0.2) is 59.3 Å². The van der Waals surface area contributed by atoms with Crippen LogP contribution in [0.5, 0.6) is 0 Å². The Kier molecular flexibility index (Phi) is 2.08. The number of pyridine rings is 1. The van der Waals surface area contributed by atoms with Crippen LogP contribution in [0.1, 0.15) is 0 Å². The van der Waals surface area contributed by atoms with E-state index in [0.717, 1.165) is 22.0 Å². The Balaban J connectivity index is 1.93. The van der Waals surface area contributed by atoms with Crippen molar-refractivity contribution in [2.24, 2.45) is 0 Å². The lowest BCUT2D eigenvalue weighted by atomic mass is 10.2. The summed E-state index contributed by atoms with van der Waals surface area (Å²) in [7, 11) is 0. The third-order valence-corrected chi connectivity index (χ3v) is 3.00. The van der Waals surface area contributed by atoms with Gasteiger partial charge in [0.25, 0.3) is 0 Å². The van der Waals surface area contributed by atoms with Crippen molar-refractivity contribution in [2.75, 3.05) is 0 Å². The molecule has 4 nitrogen and oxygen atoms in total. The van der Waals surface area contributed by atoms with E-state index in [-0.39, 0.29) is 0 Å². The van der Waals surface area contributed by atoms with Gasteiger partial charge in [-0.1, -0.05) is 18.2 Å². The maximum atomic E-state index is 5.76. The average molecular weight is 247 g/mol. The van der Waals surface area contributed by atoms with Gasteiger partial charge in [-0.3, -0.25) is 4.98 Å². The molecule has 0 fully saturated rings. The first-order valence-electron chi connectivity index (χ1n) is 5.97. The van der Waals surface area contributed by atoms with Crippen molar-refractivity contribution >= 4 is 22.0 Å². The number of furan rings is 1. The van der Waals surface area contributed by atoms with Crippen LogP contribution in [0.25, 0.3) is 33.6 Å². The third-order valence-electron chi connectivity index (χ3n) is 3.00. The number of rotatable bonds is 1. The minimum Gasteiger partial charge on any atom is -0.453 e. The number of hydrogen-bond acceptors (Lipinski definition) is 4. The van der Waals surface area contributed by atoms with Crippen LogP contribution in [-0.4, -0.2) is 15.0 Å². The van der Waals surface area contributed by atoms with Gasteiger partial charge >= 0.3 is 0 Å². The summed E-state index contributed by atoms with van der Waals surface area (Å²) in [6.45, 7) is 0. The Morgan fingerprint density at radius 2 is 1.84 bits per heavy atom. The van der Waals surface area contributed by atoms with E-state index in [4.69, 9.17) is 4.42 Å². The Hall–Kier alpha value is -2.75. The minimum absolute atomic E-state index is 0.580. The molecule has 1 aromatic carbocycles. The van der Waals surface area contributed by atoms with Gasteiger partial charge in [-0.2, -0.15) is 0 Å². The number of benzene rings is 1. The highest BCUT2D eigenvalue weighted by Crippen LogP contribution is 2.25. The predicted octanol–water partition coefficient (Wildman–Crippen LogP) is 3.44. The molecule has 0 aliphatic heterocycles. The molecule has 0 radical (unpaired) electrons. The summed E-state index contributed by atoms with van der Waals surface area (Å²) in [5.41, 5.74) is 2.43. The topological polar surface area (TPSA) is 51.8 Å². The van der Waals surface area contributed by atoms with Gasteiger partial charge in [-0.05, 0) is 24.3 Å². The molecule has 0 saturated carbocycles. The van der Waals surface area contributed by atoms with E-state index in [1.165, 1.54) is 0 Å². The summed E-state index contributed by atoms with van der Waals surface area (Å²) >= 11 is 0. The quantitative estimate of drug-likeness (QED) is 0.517. The Morgan fingerprint density at radius 1 is 0.895 bits per heavy atom. The van der Waals surface area contributed by atoms with Gasteiger partial charge in [0.1, 0.15) is 11.1 Å². The van der Waals surface area contributed by atoms with Crippen molar-refractivity contribution in [3.05, 3.63) is 54.9 Å². The highest BCUT2D eigenvalue weighted by molar-refractivity contribution is 5.82. The van der Waals surface area contributed by atoms with Crippen molar-refractivity contribution < 1.29 is 4.42 Å². The van der Waals surface area contributed by atoms with Crippen LogP contribution >= 0.6 is 0 Å². The zero-order valence-electron chi connectivity index (χ0n) is 9.95. The first-order valence-corrected chi connectivity index (χ1v) is 5.97. The van der Waals surface area contributed by atoms with Crippen LogP contribution in [-0.2, 0) is 0 Å². The molecule has 4 heteroatoms. The lowest BCUT2D eigenvalue weighted by molar-refractivity contribution is 0.625. The molecule has 0 unspecified atom stereocenters. The SMILES string of the molecule is c1ccc2oc(-c3ncc4ncccc4n3)cc2c1. The normalized spacial score (nSPS) is 11.2. The number of para-hydroxylation sites is 1. The van der Waals surface area contributed by atoms with Crippen molar-refractivity contribution in [2.45, 2.75) is 0 Å². The van der Waals surface area contributed by atoms with E-state index in [9.17, 15) is 0 Å². The second-order valence-electron chi connectivity index (χ2n) is 4.25. The zero-order chi connectivity index (χ0) is 12.7. The average Bonchev–Trinajstić information content (AvgIpc) is 2.90. The van der Waals surface area contributed by atoms with Crippen molar-refractivity contribution in [3.8, 4) is 11.6 Å². The van der Waals surface area contributed by atoms with E-state index in [0.29, 0.717) is 11.6 Å². The highest BCUT2D eigenvalue weighted by atomic mass is 16.3. The molecule has 0 saturated heterocycles. The van der Waals surface area contributed by atoms with E-state index >= 15 is 0 Å². The van der Waals surface area contributed by atoms with Gasteiger partial charge in [0, 0.05) is 11.6 Å². The molecular weight excluding hydrogens is 238 g/mol. The fourth-order valence-corrected chi connectivity index (χ4v) is 2.08. The van der Waals surface area contributed by atoms with Crippen LogP contribution in [0.2, 0.25) is 0 Å². The molecule has 19 heavy (non-hydrogen) atoms. The molecule has 4 aromatic rings. The number of fused-ring (bicyclic) bond motifs is 2. The molecule has 0 amide bonds. The van der Waals surface area contributed by atoms with Gasteiger partial charge in [0.15, 0.2) is 11.6 Å². The second kappa shape index (κ2) is 3.88. The Morgan fingerprint density at radius 3 is 2.79 bits per heavy atom. The fraction of sp³-hybridized carbons (Fsp3) is 0. The van der Waals surface area contributed by atoms with Gasteiger partial charge in [0.2, 0.25) is 0 Å². The van der Waals surface area contributed by atoms with E-state index in [1.54, 1.807) is 12.4 Å². The van der Waals surface area contributed by atoms with Crippen molar-refractivity contribution in [3.63, 3.8) is 0 Å². The van der Waals surface area contributed by atoms with E-state index in [2.05, 4.69) is 15.0 Å². The molecular formula is C15H9N3O. The van der Waals surface area contributed by atoms with Gasteiger partial charge < -0.3 is 4.42 Å². The monoisotopic (exact) mass is 247 g/mol. The molecule has 90 valence electrons. The van der Waals surface area contributed by atoms with E-state index < -0.39 is 0 Å². The summed E-state index contributed by atoms with van der Waals surface area (Å²) < 4.78 is 5.76. The van der Waals surface area contributed by atoms with Crippen molar-refractivity contribution in [1.82, 2.24) is 15.0 Å². The second-order valence-corrected chi connectivity index (χ2v) is 4.25. The molecule has 0 aliphatic rings. The molecule has 3 heterocycles. The van der Waals surface area contributed by atoms with Gasteiger partial charge in [0.05, 0.1) is 11.7 Å². The maximum absolute atomic E-state index is 5.76. The first kappa shape index (κ1) is 10.2.